The molecule has 1 aliphatic carbocycles. The van der Waals surface area contributed by atoms with Crippen molar-refractivity contribution in [1.82, 2.24) is 20.2 Å². The van der Waals surface area contributed by atoms with Crippen molar-refractivity contribution < 1.29 is 14.0 Å². The summed E-state index contributed by atoms with van der Waals surface area (Å²) in [6.07, 6.45) is 3.43. The topological polar surface area (TPSA) is 97.7 Å². The van der Waals surface area contributed by atoms with E-state index in [-0.39, 0.29) is 30.1 Å². The fourth-order valence-corrected chi connectivity index (χ4v) is 4.18. The van der Waals surface area contributed by atoms with E-state index in [1.54, 1.807) is 4.90 Å². The van der Waals surface area contributed by atoms with Crippen LogP contribution in [0.3, 0.4) is 0 Å². The highest BCUT2D eigenvalue weighted by Crippen LogP contribution is 2.40. The van der Waals surface area contributed by atoms with Gasteiger partial charge in [-0.05, 0) is 31.2 Å². The molecule has 2 aliphatic heterocycles. The van der Waals surface area contributed by atoms with Crippen molar-refractivity contribution in [2.24, 2.45) is 5.73 Å². The number of nitrogens with zero attached hydrogens (tertiary/aromatic N) is 4. The van der Waals surface area contributed by atoms with Crippen molar-refractivity contribution in [2.45, 2.75) is 56.3 Å². The molecular weight excluding hydrogens is 346 g/mol. The van der Waals surface area contributed by atoms with Crippen LogP contribution in [-0.2, 0) is 11.4 Å². The second-order valence-corrected chi connectivity index (χ2v) is 7.67. The summed E-state index contributed by atoms with van der Waals surface area (Å²) >= 11 is 0. The monoisotopic (exact) mass is 369 g/mol. The first-order valence-electron chi connectivity index (χ1n) is 9.54. The van der Waals surface area contributed by atoms with Gasteiger partial charge < -0.3 is 15.1 Å². The van der Waals surface area contributed by atoms with Crippen molar-refractivity contribution in [3.05, 3.63) is 47.7 Å². The molecule has 0 radical (unpaired) electrons. The minimum Gasteiger partial charge on any atom is -0.423 e. The number of hydroxylamine groups is 2. The summed E-state index contributed by atoms with van der Waals surface area (Å²) in [5.74, 6) is 1.44. The molecule has 3 fully saturated rings. The number of aromatic nitrogens is 2. The van der Waals surface area contributed by atoms with Gasteiger partial charge in [0.15, 0.2) is 0 Å². The predicted octanol–water partition coefficient (Wildman–Crippen LogP) is 2.35. The molecule has 1 saturated carbocycles. The summed E-state index contributed by atoms with van der Waals surface area (Å²) in [7, 11) is 0. The predicted molar refractivity (Wildman–Crippen MR) is 95.2 cm³/mol. The van der Waals surface area contributed by atoms with Crippen LogP contribution in [-0.4, -0.2) is 44.8 Å². The zero-order chi connectivity index (χ0) is 18.4. The third-order valence-corrected chi connectivity index (χ3v) is 5.80. The van der Waals surface area contributed by atoms with Gasteiger partial charge in [0.1, 0.15) is 12.6 Å². The maximum absolute atomic E-state index is 12.9. The molecule has 2 amide bonds. The minimum absolute atomic E-state index is 0.0736. The molecule has 1 aromatic carbocycles. The zero-order valence-corrected chi connectivity index (χ0v) is 15.0. The SMILES string of the molecule is N[C@H]1C[C@@H](c2nnc([C@@H]3CC[C@@H]4CN3C(=O)N4OCc3ccccc3)o2)C1. The molecule has 0 unspecified atom stereocenters. The normalized spacial score (nSPS) is 29.9. The van der Waals surface area contributed by atoms with E-state index in [2.05, 4.69) is 10.2 Å². The van der Waals surface area contributed by atoms with Gasteiger partial charge in [0, 0.05) is 18.5 Å². The number of carbonyl (C=O) groups excluding carboxylic acids is 1. The fourth-order valence-electron chi connectivity index (χ4n) is 4.18. The summed E-state index contributed by atoms with van der Waals surface area (Å²) in [6.45, 7) is 1.01. The summed E-state index contributed by atoms with van der Waals surface area (Å²) in [5, 5.41) is 9.95. The van der Waals surface area contributed by atoms with Gasteiger partial charge in [-0.3, -0.25) is 4.84 Å². The molecule has 8 nitrogen and oxygen atoms in total. The average Bonchev–Trinajstić information content (AvgIpc) is 3.23. The van der Waals surface area contributed by atoms with E-state index >= 15 is 0 Å². The van der Waals surface area contributed by atoms with Gasteiger partial charge in [0.2, 0.25) is 11.8 Å². The van der Waals surface area contributed by atoms with Crippen LogP contribution >= 0.6 is 0 Å². The number of fused-ring (bicyclic) bond motifs is 2. The van der Waals surface area contributed by atoms with Crippen LogP contribution in [0.15, 0.2) is 34.7 Å². The lowest BCUT2D eigenvalue weighted by atomic mass is 9.81. The van der Waals surface area contributed by atoms with Crippen LogP contribution in [0.2, 0.25) is 0 Å². The Morgan fingerprint density at radius 2 is 1.93 bits per heavy atom. The first-order valence-corrected chi connectivity index (χ1v) is 9.54. The number of nitrogens with two attached hydrogens (primary N) is 1. The maximum Gasteiger partial charge on any atom is 0.345 e. The van der Waals surface area contributed by atoms with Crippen LogP contribution in [0, 0.1) is 0 Å². The molecule has 2 saturated heterocycles. The number of piperidine rings is 1. The van der Waals surface area contributed by atoms with Crippen molar-refractivity contribution in [1.29, 1.82) is 0 Å². The molecule has 3 aliphatic rings. The quantitative estimate of drug-likeness (QED) is 0.869. The van der Waals surface area contributed by atoms with Crippen molar-refractivity contribution in [3.8, 4) is 0 Å². The van der Waals surface area contributed by atoms with E-state index in [4.69, 9.17) is 15.0 Å². The lowest BCUT2D eigenvalue weighted by Crippen LogP contribution is -2.35. The summed E-state index contributed by atoms with van der Waals surface area (Å²) in [5.41, 5.74) is 6.89. The Balaban J connectivity index is 1.26. The third-order valence-electron chi connectivity index (χ3n) is 5.80. The largest absolute Gasteiger partial charge is 0.423 e. The first kappa shape index (κ1) is 16.7. The first-order chi connectivity index (χ1) is 13.2. The Hall–Kier alpha value is -2.45. The van der Waals surface area contributed by atoms with Crippen molar-refractivity contribution in [3.63, 3.8) is 0 Å². The Morgan fingerprint density at radius 3 is 2.70 bits per heavy atom. The molecule has 27 heavy (non-hydrogen) atoms. The summed E-state index contributed by atoms with van der Waals surface area (Å²) < 4.78 is 5.91. The lowest BCUT2D eigenvalue weighted by Gasteiger charge is -2.29. The van der Waals surface area contributed by atoms with E-state index in [9.17, 15) is 4.79 Å². The Kier molecular flexibility index (Phi) is 4.09. The standard InChI is InChI=1S/C19H23N5O3/c20-14-8-13(9-14)17-21-22-18(27-17)16-7-6-15-10-23(16)19(25)24(15)26-11-12-4-2-1-3-5-12/h1-5,13-16H,6-11,20H2/t13-,14+,15-,16+/m1/s1. The molecule has 5 rings (SSSR count). The minimum atomic E-state index is -0.172. The van der Waals surface area contributed by atoms with Gasteiger partial charge >= 0.3 is 6.03 Å². The van der Waals surface area contributed by atoms with Gasteiger partial charge in [-0.2, -0.15) is 5.06 Å². The number of hydrogen-bond acceptors (Lipinski definition) is 6. The Bertz CT molecular complexity index is 820. The molecule has 0 spiro atoms. The molecule has 2 bridgehead atoms. The molecule has 1 aromatic heterocycles. The highest BCUT2D eigenvalue weighted by molar-refractivity contribution is 5.77. The summed E-state index contributed by atoms with van der Waals surface area (Å²) in [6, 6.07) is 9.88. The van der Waals surface area contributed by atoms with Crippen LogP contribution in [0.4, 0.5) is 4.79 Å². The van der Waals surface area contributed by atoms with Crippen LogP contribution < -0.4 is 5.73 Å². The number of amides is 2. The molecule has 8 heteroatoms. The fraction of sp³-hybridized carbons (Fsp3) is 0.526. The van der Waals surface area contributed by atoms with E-state index in [0.29, 0.717) is 24.9 Å². The Morgan fingerprint density at radius 1 is 1.15 bits per heavy atom. The average molecular weight is 369 g/mol. The smallest absolute Gasteiger partial charge is 0.345 e. The molecule has 142 valence electrons. The van der Waals surface area contributed by atoms with E-state index in [1.807, 2.05) is 30.3 Å². The number of benzene rings is 1. The summed E-state index contributed by atoms with van der Waals surface area (Å²) in [4.78, 5) is 20.5. The third kappa shape index (κ3) is 2.98. The van der Waals surface area contributed by atoms with Crippen molar-refractivity contribution >= 4 is 6.03 Å². The van der Waals surface area contributed by atoms with Gasteiger partial charge in [-0.15, -0.1) is 10.2 Å². The van der Waals surface area contributed by atoms with E-state index in [0.717, 1.165) is 31.2 Å². The van der Waals surface area contributed by atoms with Crippen LogP contribution in [0.25, 0.3) is 0 Å². The maximum atomic E-state index is 12.9. The second kappa shape index (κ2) is 6.61. The molecule has 2 aromatic rings. The van der Waals surface area contributed by atoms with Gasteiger partial charge in [0.25, 0.3) is 0 Å². The van der Waals surface area contributed by atoms with Crippen LogP contribution in [0.1, 0.15) is 55.0 Å². The molecular formula is C19H23N5O3. The number of urea groups is 1. The van der Waals surface area contributed by atoms with E-state index < -0.39 is 0 Å². The number of carbonyl (C=O) groups is 1. The van der Waals surface area contributed by atoms with Crippen LogP contribution in [0.5, 0.6) is 0 Å². The highest BCUT2D eigenvalue weighted by atomic mass is 16.7. The van der Waals surface area contributed by atoms with Gasteiger partial charge in [-0.1, -0.05) is 30.3 Å². The number of hydrogen-bond donors (Lipinski definition) is 1. The molecule has 3 heterocycles. The number of rotatable bonds is 5. The highest BCUT2D eigenvalue weighted by Gasteiger charge is 2.48. The Labute approximate surface area is 157 Å². The second-order valence-electron chi connectivity index (χ2n) is 7.67. The van der Waals surface area contributed by atoms with Gasteiger partial charge in [0.05, 0.1) is 6.04 Å². The molecule has 2 atom stereocenters. The molecule has 2 N–H and O–H groups in total. The zero-order valence-electron chi connectivity index (χ0n) is 15.0. The lowest BCUT2D eigenvalue weighted by molar-refractivity contribution is -0.140. The van der Waals surface area contributed by atoms with Gasteiger partial charge in [-0.25, -0.2) is 4.79 Å². The van der Waals surface area contributed by atoms with E-state index in [1.165, 1.54) is 5.06 Å². The van der Waals surface area contributed by atoms with Crippen molar-refractivity contribution in [2.75, 3.05) is 6.54 Å².